The molecule has 2 aromatic rings. The smallest absolute Gasteiger partial charge is 0.271 e. The van der Waals surface area contributed by atoms with Crippen LogP contribution in [0, 0.1) is 5.82 Å². The Morgan fingerprint density at radius 3 is 2.69 bits per heavy atom. The van der Waals surface area contributed by atoms with E-state index in [9.17, 15) is 9.18 Å². The molecule has 0 saturated carbocycles. The zero-order chi connectivity index (χ0) is 20.6. The van der Waals surface area contributed by atoms with Crippen LogP contribution in [0.25, 0.3) is 0 Å². The van der Waals surface area contributed by atoms with E-state index in [0.717, 1.165) is 39.1 Å². The lowest BCUT2D eigenvalue weighted by Crippen LogP contribution is -2.47. The molecule has 8 heteroatoms. The molecule has 6 nitrogen and oxygen atoms in total. The predicted molar refractivity (Wildman–Crippen MR) is 112 cm³/mol. The summed E-state index contributed by atoms with van der Waals surface area (Å²) in [5.41, 5.74) is 0.842. The van der Waals surface area contributed by atoms with E-state index in [4.69, 9.17) is 16.3 Å². The molecule has 0 unspecified atom stereocenters. The molecule has 1 aliphatic rings. The fraction of sp³-hybridized carbons (Fsp3) is 0.429. The summed E-state index contributed by atoms with van der Waals surface area (Å²) < 4.78 is 19.2. The molecular formula is C21H26ClFN4O2. The molecule has 156 valence electrons. The Balaban J connectivity index is 1.40. The van der Waals surface area contributed by atoms with Gasteiger partial charge in [0.2, 0.25) is 5.88 Å². The number of hydrogen-bond donors (Lipinski definition) is 1. The zero-order valence-corrected chi connectivity index (χ0v) is 17.3. The summed E-state index contributed by atoms with van der Waals surface area (Å²) >= 11 is 6.08. The molecule has 0 atom stereocenters. The summed E-state index contributed by atoms with van der Waals surface area (Å²) in [6.07, 6.45) is 0.814. The van der Waals surface area contributed by atoms with Gasteiger partial charge in [-0.2, -0.15) is 0 Å². The standard InChI is InChI=1S/C21H26ClFN4O2/c1-2-29-19-9-8-16(22)20(25-19)21(28)24-10-5-11-26-12-14-27(15-13-26)18-7-4-3-6-17(18)23/h3-4,6-9H,2,5,10-15H2,1H3,(H,24,28). The lowest BCUT2D eigenvalue weighted by molar-refractivity contribution is 0.0945. The van der Waals surface area contributed by atoms with Crippen LogP contribution < -0.4 is 15.0 Å². The topological polar surface area (TPSA) is 57.7 Å². The quantitative estimate of drug-likeness (QED) is 0.664. The van der Waals surface area contributed by atoms with Crippen LogP contribution in [-0.4, -0.2) is 61.7 Å². The van der Waals surface area contributed by atoms with E-state index in [1.807, 2.05) is 19.1 Å². The molecule has 1 aromatic carbocycles. The number of amides is 1. The molecule has 29 heavy (non-hydrogen) atoms. The Bertz CT molecular complexity index is 828. The summed E-state index contributed by atoms with van der Waals surface area (Å²) in [7, 11) is 0. The first kappa shape index (κ1) is 21.3. The maximum atomic E-state index is 13.9. The average Bonchev–Trinajstić information content (AvgIpc) is 2.73. The van der Waals surface area contributed by atoms with Gasteiger partial charge < -0.3 is 15.0 Å². The largest absolute Gasteiger partial charge is 0.478 e. The number of hydrogen-bond acceptors (Lipinski definition) is 5. The Hall–Kier alpha value is -2.38. The molecule has 1 amide bonds. The normalized spacial score (nSPS) is 14.7. The van der Waals surface area contributed by atoms with Gasteiger partial charge in [0.1, 0.15) is 5.82 Å². The van der Waals surface area contributed by atoms with Gasteiger partial charge in [-0.05, 0) is 38.1 Å². The molecule has 1 aromatic heterocycles. The van der Waals surface area contributed by atoms with E-state index in [0.29, 0.717) is 29.7 Å². The minimum atomic E-state index is -0.305. The number of piperazine rings is 1. The second-order valence-corrected chi connectivity index (χ2v) is 7.21. The van der Waals surface area contributed by atoms with Crippen LogP contribution in [0.5, 0.6) is 5.88 Å². The Labute approximate surface area is 175 Å². The molecule has 1 saturated heterocycles. The zero-order valence-electron chi connectivity index (χ0n) is 16.5. The van der Waals surface area contributed by atoms with Gasteiger partial charge in [-0.3, -0.25) is 9.69 Å². The fourth-order valence-electron chi connectivity index (χ4n) is 3.32. The van der Waals surface area contributed by atoms with E-state index < -0.39 is 0 Å². The number of nitrogens with zero attached hydrogens (tertiary/aromatic N) is 3. The summed E-state index contributed by atoms with van der Waals surface area (Å²) in [4.78, 5) is 20.9. The number of anilines is 1. The minimum Gasteiger partial charge on any atom is -0.478 e. The van der Waals surface area contributed by atoms with Gasteiger partial charge in [0.25, 0.3) is 5.91 Å². The Morgan fingerprint density at radius 1 is 1.21 bits per heavy atom. The first-order valence-corrected chi connectivity index (χ1v) is 10.3. The highest BCUT2D eigenvalue weighted by Gasteiger charge is 2.19. The van der Waals surface area contributed by atoms with Gasteiger partial charge in [-0.1, -0.05) is 23.7 Å². The summed E-state index contributed by atoms with van der Waals surface area (Å²) in [5.74, 6) is -0.0972. The molecule has 2 heterocycles. The number of ether oxygens (including phenoxy) is 1. The van der Waals surface area contributed by atoms with E-state index >= 15 is 0 Å². The summed E-state index contributed by atoms with van der Waals surface area (Å²) in [6.45, 7) is 7.03. The maximum absolute atomic E-state index is 13.9. The molecule has 0 radical (unpaired) electrons. The van der Waals surface area contributed by atoms with Crippen LogP contribution in [-0.2, 0) is 0 Å². The average molecular weight is 421 g/mol. The van der Waals surface area contributed by atoms with Gasteiger partial charge in [-0.25, -0.2) is 9.37 Å². The Kier molecular flexibility index (Phi) is 7.66. The number of carbonyl (C=O) groups is 1. The lowest BCUT2D eigenvalue weighted by atomic mass is 10.2. The monoisotopic (exact) mass is 420 g/mol. The number of para-hydroxylation sites is 1. The Morgan fingerprint density at radius 2 is 1.97 bits per heavy atom. The third kappa shape index (κ3) is 5.81. The molecule has 1 aliphatic heterocycles. The van der Waals surface area contributed by atoms with Gasteiger partial charge in [0, 0.05) is 38.8 Å². The number of pyridine rings is 1. The van der Waals surface area contributed by atoms with Crippen molar-refractivity contribution in [1.82, 2.24) is 15.2 Å². The highest BCUT2D eigenvalue weighted by atomic mass is 35.5. The molecule has 0 bridgehead atoms. The summed E-state index contributed by atoms with van der Waals surface area (Å²) in [6, 6.07) is 10.1. The van der Waals surface area contributed by atoms with Crippen LogP contribution in [0.2, 0.25) is 5.02 Å². The van der Waals surface area contributed by atoms with E-state index in [1.54, 1.807) is 18.2 Å². The third-order valence-electron chi connectivity index (χ3n) is 4.83. The first-order valence-electron chi connectivity index (χ1n) is 9.88. The minimum absolute atomic E-state index is 0.177. The van der Waals surface area contributed by atoms with Gasteiger partial charge in [0.15, 0.2) is 5.69 Å². The van der Waals surface area contributed by atoms with Crippen molar-refractivity contribution in [2.75, 3.05) is 50.8 Å². The number of benzene rings is 1. The molecule has 1 fully saturated rings. The molecular weight excluding hydrogens is 395 g/mol. The maximum Gasteiger partial charge on any atom is 0.271 e. The fourth-order valence-corrected chi connectivity index (χ4v) is 3.51. The van der Waals surface area contributed by atoms with Crippen LogP contribution in [0.1, 0.15) is 23.8 Å². The predicted octanol–water partition coefficient (Wildman–Crippen LogP) is 3.21. The van der Waals surface area contributed by atoms with Crippen molar-refractivity contribution in [2.45, 2.75) is 13.3 Å². The van der Waals surface area contributed by atoms with Crippen LogP contribution in [0.15, 0.2) is 36.4 Å². The van der Waals surface area contributed by atoms with Gasteiger partial charge in [0.05, 0.1) is 17.3 Å². The second kappa shape index (κ2) is 10.4. The molecule has 3 rings (SSSR count). The van der Waals surface area contributed by atoms with Crippen LogP contribution >= 0.6 is 11.6 Å². The highest BCUT2D eigenvalue weighted by Crippen LogP contribution is 2.20. The number of halogens is 2. The van der Waals surface area contributed by atoms with E-state index in [-0.39, 0.29) is 17.4 Å². The van der Waals surface area contributed by atoms with E-state index in [1.165, 1.54) is 6.07 Å². The highest BCUT2D eigenvalue weighted by molar-refractivity contribution is 6.33. The van der Waals surface area contributed by atoms with Crippen molar-refractivity contribution in [1.29, 1.82) is 0 Å². The van der Waals surface area contributed by atoms with Crippen molar-refractivity contribution in [3.8, 4) is 5.88 Å². The summed E-state index contributed by atoms with van der Waals surface area (Å²) in [5, 5.41) is 3.16. The molecule has 0 spiro atoms. The number of nitrogens with one attached hydrogen (secondary N) is 1. The SMILES string of the molecule is CCOc1ccc(Cl)c(C(=O)NCCCN2CCN(c3ccccc3F)CC2)n1. The van der Waals surface area contributed by atoms with E-state index in [2.05, 4.69) is 20.1 Å². The van der Waals surface area contributed by atoms with Crippen molar-refractivity contribution >= 4 is 23.2 Å². The first-order chi connectivity index (χ1) is 14.1. The van der Waals surface area contributed by atoms with Crippen molar-refractivity contribution in [3.63, 3.8) is 0 Å². The second-order valence-electron chi connectivity index (χ2n) is 6.80. The third-order valence-corrected chi connectivity index (χ3v) is 5.13. The van der Waals surface area contributed by atoms with Crippen LogP contribution in [0.3, 0.4) is 0 Å². The molecule has 0 aliphatic carbocycles. The lowest BCUT2D eigenvalue weighted by Gasteiger charge is -2.36. The van der Waals surface area contributed by atoms with Crippen LogP contribution in [0.4, 0.5) is 10.1 Å². The molecule has 1 N–H and O–H groups in total. The number of carbonyl (C=O) groups excluding carboxylic acids is 1. The number of rotatable bonds is 8. The van der Waals surface area contributed by atoms with Crippen molar-refractivity contribution in [2.24, 2.45) is 0 Å². The van der Waals surface area contributed by atoms with Gasteiger partial charge in [-0.15, -0.1) is 0 Å². The number of aromatic nitrogens is 1. The van der Waals surface area contributed by atoms with Crippen molar-refractivity contribution in [3.05, 3.63) is 52.9 Å². The van der Waals surface area contributed by atoms with Gasteiger partial charge >= 0.3 is 0 Å². The van der Waals surface area contributed by atoms with Crippen molar-refractivity contribution < 1.29 is 13.9 Å².